The Labute approximate surface area is 197 Å². The number of nitrogens with two attached hydrogens (primary N) is 2. The van der Waals surface area contributed by atoms with Gasteiger partial charge in [-0.3, -0.25) is 18.5 Å². The number of aromatic nitrogens is 4. The zero-order chi connectivity index (χ0) is 24.6. The van der Waals surface area contributed by atoms with E-state index in [4.69, 9.17) is 11.5 Å². The first kappa shape index (κ1) is 23.1. The number of likely N-dealkylation sites (N-methyl/N-ethyl adjacent to an activating group) is 1. The fourth-order valence-corrected chi connectivity index (χ4v) is 4.31. The van der Waals surface area contributed by atoms with Gasteiger partial charge in [-0.2, -0.15) is 4.98 Å². The van der Waals surface area contributed by atoms with Gasteiger partial charge in [0.05, 0.1) is 13.1 Å². The summed E-state index contributed by atoms with van der Waals surface area (Å²) >= 11 is 0. The number of aryl methyl sites for hydroxylation is 1. The van der Waals surface area contributed by atoms with Crippen molar-refractivity contribution in [2.24, 2.45) is 12.8 Å². The van der Waals surface area contributed by atoms with Crippen molar-refractivity contribution in [3.63, 3.8) is 0 Å². The third kappa shape index (κ3) is 3.93. The lowest BCUT2D eigenvalue weighted by Crippen LogP contribution is -2.40. The van der Waals surface area contributed by atoms with Crippen molar-refractivity contribution in [1.82, 2.24) is 18.7 Å². The molecule has 2 aromatic heterocycles. The van der Waals surface area contributed by atoms with Crippen molar-refractivity contribution in [1.29, 1.82) is 0 Å². The minimum atomic E-state index is -0.439. The zero-order valence-corrected chi connectivity index (χ0v) is 19.9. The lowest BCUT2D eigenvalue weighted by Gasteiger charge is -2.20. The van der Waals surface area contributed by atoms with E-state index in [2.05, 4.69) is 16.8 Å². The fourth-order valence-electron chi connectivity index (χ4n) is 4.31. The second-order valence-corrected chi connectivity index (χ2v) is 8.55. The van der Waals surface area contributed by atoms with Crippen LogP contribution in [0.3, 0.4) is 0 Å². The maximum atomic E-state index is 13.7. The minimum Gasteiger partial charge on any atom is -0.398 e. The molecule has 2 heterocycles. The lowest BCUT2D eigenvalue weighted by atomic mass is 10.0. The van der Waals surface area contributed by atoms with E-state index in [1.165, 1.54) is 9.13 Å². The van der Waals surface area contributed by atoms with Gasteiger partial charge in [0.2, 0.25) is 5.95 Å². The molecule has 0 saturated heterocycles. The molecule has 34 heavy (non-hydrogen) atoms. The van der Waals surface area contributed by atoms with Crippen molar-refractivity contribution in [3.8, 4) is 11.8 Å². The Hall–Kier alpha value is -4.03. The third-order valence-corrected chi connectivity index (χ3v) is 5.91. The van der Waals surface area contributed by atoms with Crippen LogP contribution < -0.4 is 27.6 Å². The van der Waals surface area contributed by atoms with E-state index in [1.54, 1.807) is 24.6 Å². The topological polar surface area (TPSA) is 117 Å². The number of nitrogen functional groups attached to an aromatic ring is 1. The van der Waals surface area contributed by atoms with E-state index in [-0.39, 0.29) is 19.1 Å². The number of hydrogen-bond acceptors (Lipinski definition) is 6. The molecule has 1 atom stereocenters. The van der Waals surface area contributed by atoms with Crippen LogP contribution in [0, 0.1) is 11.8 Å². The molecule has 1 unspecified atom stereocenters. The molecule has 0 amide bonds. The van der Waals surface area contributed by atoms with Gasteiger partial charge >= 0.3 is 5.69 Å². The largest absolute Gasteiger partial charge is 0.398 e. The Morgan fingerprint density at radius 1 is 1.12 bits per heavy atom. The van der Waals surface area contributed by atoms with E-state index in [9.17, 15) is 9.59 Å². The van der Waals surface area contributed by atoms with Crippen molar-refractivity contribution in [2.45, 2.75) is 33.0 Å². The number of nitrogens with zero attached hydrogens (tertiary/aromatic N) is 5. The third-order valence-electron chi connectivity index (χ3n) is 5.91. The summed E-state index contributed by atoms with van der Waals surface area (Å²) in [7, 11) is 3.48. The highest BCUT2D eigenvalue weighted by atomic mass is 16.2. The molecule has 4 N–H and O–H groups in total. The Bertz CT molecular complexity index is 1560. The first-order valence-electron chi connectivity index (χ1n) is 11.1. The van der Waals surface area contributed by atoms with Crippen LogP contribution in [0.15, 0.2) is 46.0 Å². The summed E-state index contributed by atoms with van der Waals surface area (Å²) in [6, 6.07) is 11.2. The number of anilines is 2. The summed E-state index contributed by atoms with van der Waals surface area (Å²) in [5.41, 5.74) is 13.4. The maximum Gasteiger partial charge on any atom is 0.332 e. The Morgan fingerprint density at radius 3 is 2.50 bits per heavy atom. The van der Waals surface area contributed by atoms with Crippen LogP contribution in [0.2, 0.25) is 0 Å². The van der Waals surface area contributed by atoms with E-state index in [1.807, 2.05) is 49.2 Å². The van der Waals surface area contributed by atoms with Crippen molar-refractivity contribution in [2.75, 3.05) is 24.2 Å². The molecule has 4 aromatic rings. The van der Waals surface area contributed by atoms with Gasteiger partial charge in [-0.1, -0.05) is 36.3 Å². The molecule has 2 aromatic carbocycles. The molecular weight excluding hydrogens is 430 g/mol. The molecule has 0 bridgehead atoms. The highest BCUT2D eigenvalue weighted by molar-refractivity contribution is 5.95. The predicted molar refractivity (Wildman–Crippen MR) is 137 cm³/mol. The molecule has 0 aliphatic rings. The molecule has 9 heteroatoms. The van der Waals surface area contributed by atoms with Crippen LogP contribution in [0.4, 0.5) is 11.6 Å². The number of fused-ring (bicyclic) bond motifs is 2. The first-order chi connectivity index (χ1) is 16.2. The number of rotatable bonds is 6. The summed E-state index contributed by atoms with van der Waals surface area (Å²) in [6.45, 7) is 4.55. The average molecular weight is 460 g/mol. The van der Waals surface area contributed by atoms with E-state index < -0.39 is 11.2 Å². The summed E-state index contributed by atoms with van der Waals surface area (Å²) in [5.74, 6) is 6.43. The molecule has 0 saturated carbocycles. The molecule has 0 fully saturated rings. The molecule has 176 valence electrons. The van der Waals surface area contributed by atoms with Gasteiger partial charge in [0.15, 0.2) is 11.2 Å². The quantitative estimate of drug-likeness (QED) is 0.333. The molecular formula is C25H29N7O2. The smallest absolute Gasteiger partial charge is 0.332 e. The van der Waals surface area contributed by atoms with E-state index in [0.29, 0.717) is 29.3 Å². The molecule has 0 aliphatic heterocycles. The number of benzene rings is 2. The standard InChI is InChI=1S/C25H29N7O2/c1-5-6-13-31-21-22(28-24(31)29(3)14-16(2)26)30(4)25(34)32(23(21)33)15-17-11-12-20(27)19-10-8-7-9-18(17)19/h7-12,16H,13-15,26-27H2,1-4H3. The van der Waals surface area contributed by atoms with Gasteiger partial charge in [-0.25, -0.2) is 4.79 Å². The first-order valence-corrected chi connectivity index (χ1v) is 11.1. The summed E-state index contributed by atoms with van der Waals surface area (Å²) in [4.78, 5) is 33.5. The van der Waals surface area contributed by atoms with Crippen LogP contribution in [-0.2, 0) is 20.1 Å². The molecule has 0 spiro atoms. The fraction of sp³-hybridized carbons (Fsp3) is 0.320. The van der Waals surface area contributed by atoms with Gasteiger partial charge in [-0.05, 0) is 30.9 Å². The normalized spacial score (nSPS) is 12.0. The molecule has 0 aliphatic carbocycles. The van der Waals surface area contributed by atoms with Crippen LogP contribution >= 0.6 is 0 Å². The van der Waals surface area contributed by atoms with Gasteiger partial charge in [0.25, 0.3) is 5.56 Å². The van der Waals surface area contributed by atoms with Crippen LogP contribution in [0.1, 0.15) is 19.4 Å². The second-order valence-electron chi connectivity index (χ2n) is 8.55. The van der Waals surface area contributed by atoms with Crippen molar-refractivity contribution < 1.29 is 0 Å². The van der Waals surface area contributed by atoms with Gasteiger partial charge in [0.1, 0.15) is 0 Å². The summed E-state index contributed by atoms with van der Waals surface area (Å²) in [5, 5.41) is 1.79. The van der Waals surface area contributed by atoms with Crippen molar-refractivity contribution >= 4 is 33.6 Å². The number of hydrogen-bond donors (Lipinski definition) is 2. The zero-order valence-electron chi connectivity index (χ0n) is 19.9. The summed E-state index contributed by atoms with van der Waals surface area (Å²) < 4.78 is 4.41. The van der Waals surface area contributed by atoms with E-state index in [0.717, 1.165) is 16.3 Å². The Morgan fingerprint density at radius 2 is 1.82 bits per heavy atom. The van der Waals surface area contributed by atoms with Crippen molar-refractivity contribution in [3.05, 3.63) is 62.8 Å². The van der Waals surface area contributed by atoms with Gasteiger partial charge in [-0.15, -0.1) is 5.92 Å². The second kappa shape index (κ2) is 9.08. The van der Waals surface area contributed by atoms with Gasteiger partial charge < -0.3 is 16.4 Å². The van der Waals surface area contributed by atoms with Crippen LogP contribution in [-0.4, -0.2) is 38.3 Å². The average Bonchev–Trinajstić information content (AvgIpc) is 3.20. The highest BCUT2D eigenvalue weighted by Gasteiger charge is 2.22. The Kier molecular flexibility index (Phi) is 6.18. The minimum absolute atomic E-state index is 0.102. The van der Waals surface area contributed by atoms with Gasteiger partial charge in [0, 0.05) is 37.8 Å². The highest BCUT2D eigenvalue weighted by Crippen LogP contribution is 2.25. The summed E-state index contributed by atoms with van der Waals surface area (Å²) in [6.07, 6.45) is 0. The number of imidazole rings is 1. The van der Waals surface area contributed by atoms with Crippen LogP contribution in [0.5, 0.6) is 0 Å². The molecule has 4 rings (SSSR count). The maximum absolute atomic E-state index is 13.7. The van der Waals surface area contributed by atoms with E-state index >= 15 is 0 Å². The Balaban J connectivity index is 1.96. The lowest BCUT2D eigenvalue weighted by molar-refractivity contribution is 0.655. The SMILES string of the molecule is CC#CCn1c(N(C)CC(C)N)nc2c1c(=O)n(Cc1ccc(N)c3ccccc13)c(=O)n2C. The molecule has 0 radical (unpaired) electrons. The predicted octanol–water partition coefficient (Wildman–Crippen LogP) is 1.49. The molecule has 9 nitrogen and oxygen atoms in total. The monoisotopic (exact) mass is 459 g/mol. The van der Waals surface area contributed by atoms with Crippen LogP contribution in [0.25, 0.3) is 21.9 Å².